The van der Waals surface area contributed by atoms with Crippen molar-refractivity contribution in [2.24, 2.45) is 13.0 Å². The van der Waals surface area contributed by atoms with Gasteiger partial charge in [0.2, 0.25) is 0 Å². The second kappa shape index (κ2) is 4.94. The van der Waals surface area contributed by atoms with E-state index in [1.165, 1.54) is 0 Å². The van der Waals surface area contributed by atoms with E-state index in [-0.39, 0.29) is 0 Å². The fourth-order valence-corrected chi connectivity index (χ4v) is 1.68. The van der Waals surface area contributed by atoms with Gasteiger partial charge in [-0.15, -0.1) is 0 Å². The third-order valence-electron chi connectivity index (χ3n) is 1.95. The number of rotatable bonds is 4. The summed E-state index contributed by atoms with van der Waals surface area (Å²) in [6.45, 7) is 7.68. The van der Waals surface area contributed by atoms with Crippen LogP contribution >= 0.6 is 15.9 Å². The van der Waals surface area contributed by atoms with Gasteiger partial charge in [0.1, 0.15) is 0 Å². The minimum Gasteiger partial charge on any atom is -0.375 e. The Morgan fingerprint density at radius 1 is 1.50 bits per heavy atom. The molecule has 0 amide bonds. The van der Waals surface area contributed by atoms with E-state index in [2.05, 4.69) is 34.9 Å². The summed E-state index contributed by atoms with van der Waals surface area (Å²) in [7, 11) is 1.94. The van der Waals surface area contributed by atoms with E-state index in [9.17, 15) is 0 Å². The lowest BCUT2D eigenvalue weighted by molar-refractivity contribution is 0.0922. The third-order valence-corrected chi connectivity index (χ3v) is 2.98. The molecule has 1 aromatic heterocycles. The second-order valence-corrected chi connectivity index (χ2v) is 4.67. The summed E-state index contributed by atoms with van der Waals surface area (Å²) in [6, 6.07) is 0. The Labute approximate surface area is 93.6 Å². The summed E-state index contributed by atoms with van der Waals surface area (Å²) in [4.78, 5) is 0. The molecule has 1 aromatic rings. The minimum atomic E-state index is 0.572. The number of nitrogens with zero attached hydrogens (tertiary/aromatic N) is 2. The van der Waals surface area contributed by atoms with Crippen molar-refractivity contribution in [3.63, 3.8) is 0 Å². The van der Waals surface area contributed by atoms with Crippen LogP contribution in [-0.4, -0.2) is 16.4 Å². The summed E-state index contributed by atoms with van der Waals surface area (Å²) in [5.74, 6) is 0.572. The first-order valence-electron chi connectivity index (χ1n) is 4.78. The summed E-state index contributed by atoms with van der Waals surface area (Å²) < 4.78 is 8.49. The van der Waals surface area contributed by atoms with Gasteiger partial charge >= 0.3 is 0 Å². The highest BCUT2D eigenvalue weighted by Crippen LogP contribution is 2.20. The van der Waals surface area contributed by atoms with Crippen LogP contribution in [0, 0.1) is 12.8 Å². The molecule has 0 aliphatic heterocycles. The molecule has 0 saturated heterocycles. The van der Waals surface area contributed by atoms with Gasteiger partial charge in [0, 0.05) is 13.7 Å². The molecule has 0 fully saturated rings. The van der Waals surface area contributed by atoms with Gasteiger partial charge in [-0.25, -0.2) is 0 Å². The average molecular weight is 261 g/mol. The zero-order valence-electron chi connectivity index (χ0n) is 9.17. The lowest BCUT2D eigenvalue weighted by Crippen LogP contribution is -2.05. The minimum absolute atomic E-state index is 0.572. The fraction of sp³-hybridized carbons (Fsp3) is 0.700. The van der Waals surface area contributed by atoms with Crippen molar-refractivity contribution in [3.8, 4) is 0 Å². The molecule has 0 bridgehead atoms. The predicted octanol–water partition coefficient (Wildman–Crippen LogP) is 2.66. The molecule has 0 N–H and O–H groups in total. The van der Waals surface area contributed by atoms with Crippen molar-refractivity contribution in [2.75, 3.05) is 6.61 Å². The van der Waals surface area contributed by atoms with Crippen molar-refractivity contribution in [1.82, 2.24) is 9.78 Å². The van der Waals surface area contributed by atoms with Gasteiger partial charge < -0.3 is 4.74 Å². The molecule has 0 radical (unpaired) electrons. The lowest BCUT2D eigenvalue weighted by Gasteiger charge is -2.07. The lowest BCUT2D eigenvalue weighted by atomic mass is 10.2. The third kappa shape index (κ3) is 2.82. The molecule has 3 nitrogen and oxygen atoms in total. The van der Waals surface area contributed by atoms with Crippen LogP contribution in [0.25, 0.3) is 0 Å². The zero-order valence-corrected chi connectivity index (χ0v) is 10.8. The molecule has 0 aliphatic carbocycles. The SMILES string of the molecule is Cc1nn(C)c(COCC(C)C)c1Br. The maximum atomic E-state index is 5.57. The van der Waals surface area contributed by atoms with Gasteiger partial charge in [-0.1, -0.05) is 13.8 Å². The standard InChI is InChI=1S/C10H17BrN2O/c1-7(2)5-14-6-9-10(11)8(3)12-13(9)4/h7H,5-6H2,1-4H3. The smallest absolute Gasteiger partial charge is 0.0896 e. The van der Waals surface area contributed by atoms with Gasteiger partial charge in [-0.2, -0.15) is 5.10 Å². The molecule has 14 heavy (non-hydrogen) atoms. The normalized spacial score (nSPS) is 11.3. The highest BCUT2D eigenvalue weighted by atomic mass is 79.9. The molecule has 0 aliphatic rings. The molecule has 80 valence electrons. The Bertz CT molecular complexity index is 307. The van der Waals surface area contributed by atoms with Crippen LogP contribution in [0.3, 0.4) is 0 Å². The van der Waals surface area contributed by atoms with Crippen LogP contribution in [-0.2, 0) is 18.4 Å². The summed E-state index contributed by atoms with van der Waals surface area (Å²) in [5, 5.41) is 4.30. The van der Waals surface area contributed by atoms with Crippen molar-refractivity contribution in [3.05, 3.63) is 15.9 Å². The van der Waals surface area contributed by atoms with Crippen molar-refractivity contribution in [1.29, 1.82) is 0 Å². The molecule has 4 heteroatoms. The summed E-state index contributed by atoms with van der Waals surface area (Å²) in [6.07, 6.45) is 0. The predicted molar refractivity (Wildman–Crippen MR) is 60.1 cm³/mol. The van der Waals surface area contributed by atoms with Crippen LogP contribution in [0.1, 0.15) is 25.2 Å². The van der Waals surface area contributed by atoms with Crippen LogP contribution in [0.15, 0.2) is 4.47 Å². The van der Waals surface area contributed by atoms with E-state index >= 15 is 0 Å². The molecule has 1 rings (SSSR count). The maximum absolute atomic E-state index is 5.57. The molecule has 0 aromatic carbocycles. The van der Waals surface area contributed by atoms with Gasteiger partial charge in [0.25, 0.3) is 0 Å². The van der Waals surface area contributed by atoms with E-state index in [0.717, 1.165) is 22.5 Å². The fourth-order valence-electron chi connectivity index (χ4n) is 1.23. The van der Waals surface area contributed by atoms with E-state index < -0.39 is 0 Å². The Balaban J connectivity index is 2.58. The molecule has 0 unspecified atom stereocenters. The Morgan fingerprint density at radius 2 is 2.14 bits per heavy atom. The molecule has 0 spiro atoms. The van der Waals surface area contributed by atoms with E-state index in [4.69, 9.17) is 4.74 Å². The number of aromatic nitrogens is 2. The largest absolute Gasteiger partial charge is 0.375 e. The first kappa shape index (κ1) is 11.7. The maximum Gasteiger partial charge on any atom is 0.0896 e. The van der Waals surface area contributed by atoms with E-state index in [0.29, 0.717) is 12.5 Å². The summed E-state index contributed by atoms with van der Waals surface area (Å²) >= 11 is 3.50. The Hall–Kier alpha value is -0.350. The number of hydrogen-bond acceptors (Lipinski definition) is 2. The highest BCUT2D eigenvalue weighted by molar-refractivity contribution is 9.10. The van der Waals surface area contributed by atoms with Crippen molar-refractivity contribution in [2.45, 2.75) is 27.4 Å². The molecular weight excluding hydrogens is 244 g/mol. The Kier molecular flexibility index (Phi) is 4.13. The number of aryl methyl sites for hydroxylation is 2. The monoisotopic (exact) mass is 260 g/mol. The molecule has 0 atom stereocenters. The highest BCUT2D eigenvalue weighted by Gasteiger charge is 2.10. The number of halogens is 1. The molecule has 1 heterocycles. The quantitative estimate of drug-likeness (QED) is 0.833. The van der Waals surface area contributed by atoms with Crippen molar-refractivity contribution >= 4 is 15.9 Å². The zero-order chi connectivity index (χ0) is 10.7. The topological polar surface area (TPSA) is 27.1 Å². The first-order valence-corrected chi connectivity index (χ1v) is 5.57. The first-order chi connectivity index (χ1) is 6.52. The van der Waals surface area contributed by atoms with Crippen molar-refractivity contribution < 1.29 is 4.74 Å². The van der Waals surface area contributed by atoms with Gasteiger partial charge in [0.15, 0.2) is 0 Å². The van der Waals surface area contributed by atoms with Crippen LogP contribution in [0.4, 0.5) is 0 Å². The van der Waals surface area contributed by atoms with E-state index in [1.807, 2.05) is 18.7 Å². The van der Waals surface area contributed by atoms with Crippen LogP contribution < -0.4 is 0 Å². The number of ether oxygens (including phenoxy) is 1. The van der Waals surface area contributed by atoms with E-state index in [1.54, 1.807) is 0 Å². The van der Waals surface area contributed by atoms with Crippen LogP contribution in [0.5, 0.6) is 0 Å². The van der Waals surface area contributed by atoms with Gasteiger partial charge in [0.05, 0.1) is 22.5 Å². The number of hydrogen-bond donors (Lipinski definition) is 0. The van der Waals surface area contributed by atoms with Gasteiger partial charge in [-0.3, -0.25) is 4.68 Å². The average Bonchev–Trinajstić information content (AvgIpc) is 2.31. The second-order valence-electron chi connectivity index (χ2n) is 3.88. The molecule has 0 saturated carbocycles. The van der Waals surface area contributed by atoms with Crippen LogP contribution in [0.2, 0.25) is 0 Å². The Morgan fingerprint density at radius 3 is 2.57 bits per heavy atom. The summed E-state index contributed by atoms with van der Waals surface area (Å²) in [5.41, 5.74) is 2.11. The van der Waals surface area contributed by atoms with Gasteiger partial charge in [-0.05, 0) is 28.8 Å². The molecular formula is C10H17BrN2O.